The number of aromatic hydroxyl groups is 2. The molecule has 12 nitrogen and oxygen atoms in total. The number of aryl methyl sites for hydroxylation is 1. The zero-order valence-electron chi connectivity index (χ0n) is 20.4. The third-order valence-corrected chi connectivity index (χ3v) is 6.40. The zero-order chi connectivity index (χ0) is 27.6. The number of azo groups is 2. The first kappa shape index (κ1) is 26.3. The largest absolute Gasteiger partial charge is 0.508 e. The van der Waals surface area contributed by atoms with Gasteiger partial charge in [-0.3, -0.25) is 4.55 Å². The highest BCUT2D eigenvalue weighted by atomic mass is 32.2. The van der Waals surface area contributed by atoms with Gasteiger partial charge in [-0.15, -0.1) is 15.3 Å². The van der Waals surface area contributed by atoms with Crippen molar-refractivity contribution in [3.8, 4) is 23.0 Å². The zero-order valence-corrected chi connectivity index (χ0v) is 21.3. The Labute approximate surface area is 217 Å². The Kier molecular flexibility index (Phi) is 7.15. The summed E-state index contributed by atoms with van der Waals surface area (Å²) in [6.07, 6.45) is 0. The van der Waals surface area contributed by atoms with Gasteiger partial charge in [0.2, 0.25) is 0 Å². The van der Waals surface area contributed by atoms with Gasteiger partial charge in [0.05, 0.1) is 19.9 Å². The molecule has 0 unspecified atom stereocenters. The average Bonchev–Trinajstić information content (AvgIpc) is 2.86. The van der Waals surface area contributed by atoms with Crippen LogP contribution < -0.4 is 15.2 Å². The van der Waals surface area contributed by atoms with Crippen molar-refractivity contribution in [2.45, 2.75) is 11.8 Å². The van der Waals surface area contributed by atoms with E-state index in [0.29, 0.717) is 22.6 Å². The van der Waals surface area contributed by atoms with Crippen LogP contribution in [0.3, 0.4) is 0 Å². The Hall–Kier alpha value is -4.75. The highest BCUT2D eigenvalue weighted by molar-refractivity contribution is 7.86. The molecule has 4 aromatic carbocycles. The van der Waals surface area contributed by atoms with E-state index in [1.165, 1.54) is 50.6 Å². The van der Waals surface area contributed by atoms with Gasteiger partial charge in [-0.1, -0.05) is 0 Å². The number of benzene rings is 4. The molecule has 0 saturated carbocycles. The van der Waals surface area contributed by atoms with E-state index in [1.807, 2.05) is 0 Å². The summed E-state index contributed by atoms with van der Waals surface area (Å²) >= 11 is 0. The SMILES string of the molecule is COc1cc(N=Nc2c(S(=O)(=O)O)cc3cc(N)ccc3c2O)c(OC)cc1N=Nc1ccc(O)cc1C. The van der Waals surface area contributed by atoms with Crippen LogP contribution in [-0.4, -0.2) is 37.4 Å². The minimum absolute atomic E-state index is 0.106. The maximum absolute atomic E-state index is 12.1. The molecule has 0 fully saturated rings. The third kappa shape index (κ3) is 5.33. The lowest BCUT2D eigenvalue weighted by atomic mass is 10.1. The number of nitrogens with two attached hydrogens (primary N) is 1. The Balaban J connectivity index is 1.80. The van der Waals surface area contributed by atoms with Crippen molar-refractivity contribution in [3.63, 3.8) is 0 Å². The molecule has 0 heterocycles. The van der Waals surface area contributed by atoms with Crippen molar-refractivity contribution in [3.05, 3.63) is 60.2 Å². The minimum atomic E-state index is -4.79. The van der Waals surface area contributed by atoms with Crippen molar-refractivity contribution >= 4 is 49.3 Å². The Bertz CT molecular complexity index is 1720. The van der Waals surface area contributed by atoms with E-state index < -0.39 is 26.5 Å². The van der Waals surface area contributed by atoms with E-state index >= 15 is 0 Å². The molecule has 0 saturated heterocycles. The van der Waals surface area contributed by atoms with Gasteiger partial charge in [-0.2, -0.15) is 13.5 Å². The first-order chi connectivity index (χ1) is 18.0. The van der Waals surface area contributed by atoms with E-state index in [-0.39, 0.29) is 33.7 Å². The maximum atomic E-state index is 12.1. The van der Waals surface area contributed by atoms with Gasteiger partial charge >= 0.3 is 0 Å². The van der Waals surface area contributed by atoms with Crippen molar-refractivity contribution in [2.75, 3.05) is 20.0 Å². The van der Waals surface area contributed by atoms with Gasteiger partial charge < -0.3 is 25.4 Å². The molecule has 0 spiro atoms. The van der Waals surface area contributed by atoms with Gasteiger partial charge in [0.1, 0.15) is 39.2 Å². The Morgan fingerprint density at radius 3 is 1.97 bits per heavy atom. The molecule has 0 aliphatic rings. The van der Waals surface area contributed by atoms with Gasteiger partial charge in [0.15, 0.2) is 5.75 Å². The van der Waals surface area contributed by atoms with Crippen LogP contribution in [0.2, 0.25) is 0 Å². The van der Waals surface area contributed by atoms with Crippen molar-refractivity contribution < 1.29 is 32.7 Å². The number of methoxy groups -OCH3 is 2. The number of hydrogen-bond acceptors (Lipinski definition) is 11. The molecule has 4 rings (SSSR count). The fraction of sp³-hybridized carbons (Fsp3) is 0.120. The van der Waals surface area contributed by atoms with E-state index in [9.17, 15) is 23.2 Å². The molecule has 4 aromatic rings. The fourth-order valence-corrected chi connectivity index (χ4v) is 4.31. The number of rotatable bonds is 7. The summed E-state index contributed by atoms with van der Waals surface area (Å²) in [7, 11) is -2.00. The number of nitrogens with zero attached hydrogens (tertiary/aromatic N) is 4. The molecule has 0 aliphatic heterocycles. The molecule has 0 radical (unpaired) electrons. The summed E-state index contributed by atoms with van der Waals surface area (Å²) in [6, 6.07) is 13.2. The average molecular weight is 538 g/mol. The van der Waals surface area contributed by atoms with E-state index in [2.05, 4.69) is 20.5 Å². The molecule has 38 heavy (non-hydrogen) atoms. The van der Waals surface area contributed by atoms with Crippen molar-refractivity contribution in [1.82, 2.24) is 0 Å². The standard InChI is InChI=1S/C25H23N5O7S/c1-13-8-16(31)5-7-18(13)27-28-19-11-22(37-3)20(12-21(19)36-2)29-30-24-23(38(33,34)35)10-14-9-15(26)4-6-17(14)25(24)32/h4-12,31-32H,26H2,1-3H3,(H,33,34,35). The minimum Gasteiger partial charge on any atom is -0.508 e. The van der Waals surface area contributed by atoms with Gasteiger partial charge in [-0.25, -0.2) is 0 Å². The lowest BCUT2D eigenvalue weighted by Gasteiger charge is -2.11. The predicted molar refractivity (Wildman–Crippen MR) is 141 cm³/mol. The summed E-state index contributed by atoms with van der Waals surface area (Å²) in [5, 5.41) is 37.3. The molecule has 13 heteroatoms. The maximum Gasteiger partial charge on any atom is 0.296 e. The second kappa shape index (κ2) is 10.3. The molecule has 0 bridgehead atoms. The number of phenols is 2. The number of anilines is 1. The predicted octanol–water partition coefficient (Wildman–Crippen LogP) is 6.24. The lowest BCUT2D eigenvalue weighted by molar-refractivity contribution is 0.405. The topological polar surface area (TPSA) is 189 Å². The quantitative estimate of drug-likeness (QED) is 0.121. The summed E-state index contributed by atoms with van der Waals surface area (Å²) in [5.74, 6) is 0.0224. The first-order valence-corrected chi connectivity index (χ1v) is 12.4. The van der Waals surface area contributed by atoms with Gasteiger partial charge in [0.25, 0.3) is 10.1 Å². The van der Waals surface area contributed by atoms with Crippen LogP contribution >= 0.6 is 0 Å². The van der Waals surface area contributed by atoms with Crippen LogP contribution in [0.1, 0.15) is 5.56 Å². The first-order valence-electron chi connectivity index (χ1n) is 10.9. The number of nitrogen functional groups attached to an aromatic ring is 1. The molecule has 0 aliphatic carbocycles. The van der Waals surface area contributed by atoms with Crippen LogP contribution in [-0.2, 0) is 10.1 Å². The molecule has 196 valence electrons. The van der Waals surface area contributed by atoms with Crippen LogP contribution in [0.4, 0.5) is 28.4 Å². The highest BCUT2D eigenvalue weighted by Crippen LogP contribution is 2.44. The van der Waals surface area contributed by atoms with Crippen LogP contribution in [0.25, 0.3) is 10.8 Å². The second-order valence-electron chi connectivity index (χ2n) is 8.09. The Morgan fingerprint density at radius 1 is 0.789 bits per heavy atom. The monoisotopic (exact) mass is 537 g/mol. The van der Waals surface area contributed by atoms with Gasteiger partial charge in [0, 0.05) is 23.2 Å². The van der Waals surface area contributed by atoms with Crippen molar-refractivity contribution in [1.29, 1.82) is 0 Å². The smallest absolute Gasteiger partial charge is 0.296 e. The van der Waals surface area contributed by atoms with E-state index in [0.717, 1.165) is 6.07 Å². The van der Waals surface area contributed by atoms with Crippen LogP contribution in [0, 0.1) is 6.92 Å². The van der Waals surface area contributed by atoms with Crippen LogP contribution in [0.15, 0.2) is 79.9 Å². The second-order valence-corrected chi connectivity index (χ2v) is 9.48. The van der Waals surface area contributed by atoms with E-state index in [4.69, 9.17) is 15.2 Å². The molecule has 0 aromatic heterocycles. The number of hydrogen-bond donors (Lipinski definition) is 4. The third-order valence-electron chi connectivity index (χ3n) is 5.54. The van der Waals surface area contributed by atoms with Crippen molar-refractivity contribution in [2.24, 2.45) is 20.5 Å². The summed E-state index contributed by atoms with van der Waals surface area (Å²) < 4.78 is 44.7. The Morgan fingerprint density at radius 2 is 1.39 bits per heavy atom. The normalized spacial score (nSPS) is 12.0. The van der Waals surface area contributed by atoms with Crippen LogP contribution in [0.5, 0.6) is 23.0 Å². The molecular formula is C25H23N5O7S. The molecule has 5 N–H and O–H groups in total. The molecule has 0 amide bonds. The number of phenolic OH excluding ortho intramolecular Hbond substituents is 2. The van der Waals surface area contributed by atoms with E-state index in [1.54, 1.807) is 19.1 Å². The lowest BCUT2D eigenvalue weighted by Crippen LogP contribution is -1.99. The summed E-state index contributed by atoms with van der Waals surface area (Å²) in [4.78, 5) is -0.655. The molecule has 0 atom stereocenters. The molecular weight excluding hydrogens is 514 g/mol. The fourth-order valence-electron chi connectivity index (χ4n) is 3.65. The number of fused-ring (bicyclic) bond motifs is 1. The van der Waals surface area contributed by atoms with Gasteiger partial charge in [-0.05, 0) is 60.3 Å². The summed E-state index contributed by atoms with van der Waals surface area (Å²) in [6.45, 7) is 1.77. The summed E-state index contributed by atoms with van der Waals surface area (Å²) in [5.41, 5.74) is 7.26. The number of ether oxygens (including phenoxy) is 2. The highest BCUT2D eigenvalue weighted by Gasteiger charge is 2.22.